The minimum Gasteiger partial charge on any atom is -0.479 e. The molecule has 0 saturated carbocycles. The number of carbonyl (C=O) groups excluding carboxylic acids is 1. The summed E-state index contributed by atoms with van der Waals surface area (Å²) in [5.74, 6) is -1.55. The largest absolute Gasteiger partial charge is 0.479 e. The summed E-state index contributed by atoms with van der Waals surface area (Å²) in [6, 6.07) is 3.88. The predicted octanol–water partition coefficient (Wildman–Crippen LogP) is -0.941. The molecule has 0 bridgehead atoms. The summed E-state index contributed by atoms with van der Waals surface area (Å²) in [7, 11) is 0. The van der Waals surface area contributed by atoms with E-state index >= 15 is 0 Å². The monoisotopic (exact) mass is 419 g/mol. The van der Waals surface area contributed by atoms with Crippen LogP contribution in [0.5, 0.6) is 0 Å². The first-order valence-corrected chi connectivity index (χ1v) is 9.45. The van der Waals surface area contributed by atoms with Gasteiger partial charge in [-0.15, -0.1) is 0 Å². The van der Waals surface area contributed by atoms with Gasteiger partial charge in [0.05, 0.1) is 11.0 Å². The Bertz CT molecular complexity index is 923. The fourth-order valence-electron chi connectivity index (χ4n) is 3.69. The van der Waals surface area contributed by atoms with Gasteiger partial charge in [-0.2, -0.15) is 0 Å². The van der Waals surface area contributed by atoms with Crippen LogP contribution in [0.2, 0.25) is 0 Å². The SMILES string of the molecule is O=C(O)C1O[C@@H](OC(=O)N2CCc3cc4nccnc4cc3CC2)[C@@H](O)C(O)[C@@H]1O. The summed E-state index contributed by atoms with van der Waals surface area (Å²) in [5.41, 5.74) is 3.60. The second kappa shape index (κ2) is 8.11. The van der Waals surface area contributed by atoms with E-state index in [1.807, 2.05) is 12.1 Å². The van der Waals surface area contributed by atoms with E-state index in [1.165, 1.54) is 4.90 Å². The fraction of sp³-hybridized carbons (Fsp3) is 0.474. The number of hydrogen-bond acceptors (Lipinski definition) is 9. The van der Waals surface area contributed by atoms with Crippen molar-refractivity contribution >= 4 is 23.1 Å². The highest BCUT2D eigenvalue weighted by molar-refractivity contribution is 5.76. The number of aliphatic hydroxyl groups is 3. The predicted molar refractivity (Wildman–Crippen MR) is 99.3 cm³/mol. The van der Waals surface area contributed by atoms with Crippen molar-refractivity contribution < 1.29 is 39.5 Å². The van der Waals surface area contributed by atoms with Gasteiger partial charge in [0, 0.05) is 25.5 Å². The zero-order chi connectivity index (χ0) is 21.4. The molecule has 0 radical (unpaired) electrons. The van der Waals surface area contributed by atoms with Crippen LogP contribution >= 0.6 is 0 Å². The van der Waals surface area contributed by atoms with E-state index in [1.54, 1.807) is 12.4 Å². The second-order valence-electron chi connectivity index (χ2n) is 7.27. The summed E-state index contributed by atoms with van der Waals surface area (Å²) in [6.07, 6.45) is -5.53. The molecule has 0 spiro atoms. The third-order valence-electron chi connectivity index (χ3n) is 5.38. The van der Waals surface area contributed by atoms with Crippen molar-refractivity contribution in [3.8, 4) is 0 Å². The van der Waals surface area contributed by atoms with Crippen LogP contribution in [0.3, 0.4) is 0 Å². The Hall–Kier alpha value is -2.86. The van der Waals surface area contributed by atoms with Gasteiger partial charge >= 0.3 is 12.1 Å². The quantitative estimate of drug-likeness (QED) is 0.478. The number of aliphatic hydroxyl groups excluding tert-OH is 3. The van der Waals surface area contributed by atoms with Gasteiger partial charge in [-0.1, -0.05) is 0 Å². The molecular formula is C19H21N3O8. The molecule has 0 aliphatic carbocycles. The lowest BCUT2D eigenvalue weighted by atomic mass is 9.99. The summed E-state index contributed by atoms with van der Waals surface area (Å²) in [4.78, 5) is 33.8. The van der Waals surface area contributed by atoms with Crippen LogP contribution in [-0.2, 0) is 27.1 Å². The lowest BCUT2D eigenvalue weighted by Crippen LogP contribution is -2.61. The number of amides is 1. The van der Waals surface area contributed by atoms with Crippen molar-refractivity contribution in [2.75, 3.05) is 13.1 Å². The van der Waals surface area contributed by atoms with Gasteiger partial charge in [0.2, 0.25) is 6.29 Å². The lowest BCUT2D eigenvalue weighted by molar-refractivity contribution is -0.279. The smallest absolute Gasteiger partial charge is 0.412 e. The molecule has 2 unspecified atom stereocenters. The standard InChI is InChI=1S/C19H21N3O8/c23-13-14(24)16(17(26)27)29-18(15(13)25)30-19(28)22-5-1-9-7-11-12(21-4-3-20-11)8-10(9)2-6-22/h3-4,7-8,13-16,18,23-25H,1-2,5-6H2,(H,26,27)/t13?,14-,15-,16?,18-/m0/s1. The average Bonchev–Trinajstić information content (AvgIpc) is 2.94. The van der Waals surface area contributed by atoms with Crippen molar-refractivity contribution in [3.05, 3.63) is 35.7 Å². The number of hydrogen-bond donors (Lipinski definition) is 4. The molecule has 1 aromatic heterocycles. The molecule has 160 valence electrons. The maximum absolute atomic E-state index is 12.6. The van der Waals surface area contributed by atoms with Crippen LogP contribution in [0, 0.1) is 0 Å². The molecule has 5 atom stereocenters. The first kappa shape index (κ1) is 20.4. The van der Waals surface area contributed by atoms with E-state index in [0.717, 1.165) is 22.2 Å². The highest BCUT2D eigenvalue weighted by atomic mass is 16.7. The van der Waals surface area contributed by atoms with Crippen molar-refractivity contribution in [2.45, 2.75) is 43.5 Å². The first-order chi connectivity index (χ1) is 14.3. The van der Waals surface area contributed by atoms with Gasteiger partial charge in [-0.3, -0.25) is 9.97 Å². The number of fused-ring (bicyclic) bond motifs is 2. The molecule has 30 heavy (non-hydrogen) atoms. The lowest BCUT2D eigenvalue weighted by Gasteiger charge is -2.38. The third-order valence-corrected chi connectivity index (χ3v) is 5.38. The van der Waals surface area contributed by atoms with Gasteiger partial charge in [0.15, 0.2) is 6.10 Å². The van der Waals surface area contributed by atoms with Crippen molar-refractivity contribution in [3.63, 3.8) is 0 Å². The van der Waals surface area contributed by atoms with E-state index in [9.17, 15) is 24.9 Å². The van der Waals surface area contributed by atoms with E-state index in [2.05, 4.69) is 9.97 Å². The zero-order valence-corrected chi connectivity index (χ0v) is 15.8. The van der Waals surface area contributed by atoms with Crippen molar-refractivity contribution in [2.24, 2.45) is 0 Å². The summed E-state index contributed by atoms with van der Waals surface area (Å²) in [6.45, 7) is 0.655. The second-order valence-corrected chi connectivity index (χ2v) is 7.27. The Morgan fingerprint density at radius 3 is 2.07 bits per heavy atom. The van der Waals surface area contributed by atoms with Crippen LogP contribution in [0.1, 0.15) is 11.1 Å². The Kier molecular flexibility index (Phi) is 5.52. The summed E-state index contributed by atoms with van der Waals surface area (Å²) < 4.78 is 10.1. The van der Waals surface area contributed by atoms with E-state index < -0.39 is 42.8 Å². The Morgan fingerprint density at radius 2 is 1.53 bits per heavy atom. The molecule has 2 aliphatic rings. The van der Waals surface area contributed by atoms with E-state index in [0.29, 0.717) is 25.9 Å². The third kappa shape index (κ3) is 3.79. The summed E-state index contributed by atoms with van der Waals surface area (Å²) >= 11 is 0. The molecule has 1 aromatic carbocycles. The molecule has 11 heteroatoms. The topological polar surface area (TPSA) is 163 Å². The van der Waals surface area contributed by atoms with E-state index in [4.69, 9.17) is 14.6 Å². The number of aliphatic carboxylic acids is 1. The number of aromatic nitrogens is 2. The molecule has 4 rings (SSSR count). The molecule has 1 saturated heterocycles. The minimum absolute atomic E-state index is 0.327. The normalized spacial score (nSPS) is 29.2. The minimum atomic E-state index is -1.85. The highest BCUT2D eigenvalue weighted by Gasteiger charge is 2.48. The number of carbonyl (C=O) groups is 2. The van der Waals surface area contributed by atoms with Crippen molar-refractivity contribution in [1.29, 1.82) is 0 Å². The molecule has 11 nitrogen and oxygen atoms in total. The Labute approximate surface area is 170 Å². The number of rotatable bonds is 2. The maximum Gasteiger partial charge on any atom is 0.412 e. The number of benzene rings is 1. The molecular weight excluding hydrogens is 398 g/mol. The summed E-state index contributed by atoms with van der Waals surface area (Å²) in [5, 5.41) is 38.7. The van der Waals surface area contributed by atoms with Gasteiger partial charge in [0.25, 0.3) is 0 Å². The van der Waals surface area contributed by atoms with Gasteiger partial charge in [-0.25, -0.2) is 9.59 Å². The van der Waals surface area contributed by atoms with Crippen LogP contribution in [-0.4, -0.2) is 91.2 Å². The Balaban J connectivity index is 1.45. The van der Waals surface area contributed by atoms with Crippen molar-refractivity contribution in [1.82, 2.24) is 14.9 Å². The van der Waals surface area contributed by atoms with E-state index in [-0.39, 0.29) is 0 Å². The van der Waals surface area contributed by atoms with Gasteiger partial charge in [-0.05, 0) is 36.1 Å². The number of ether oxygens (including phenoxy) is 2. The van der Waals surface area contributed by atoms with Crippen LogP contribution in [0.15, 0.2) is 24.5 Å². The number of carboxylic acid groups (broad SMARTS) is 1. The first-order valence-electron chi connectivity index (χ1n) is 9.45. The zero-order valence-electron chi connectivity index (χ0n) is 15.8. The number of nitrogens with zero attached hydrogens (tertiary/aromatic N) is 3. The Morgan fingerprint density at radius 1 is 0.967 bits per heavy atom. The number of carboxylic acids is 1. The van der Waals surface area contributed by atoms with Crippen LogP contribution in [0.25, 0.3) is 11.0 Å². The van der Waals surface area contributed by atoms with Gasteiger partial charge in [0.1, 0.15) is 18.3 Å². The average molecular weight is 419 g/mol. The highest BCUT2D eigenvalue weighted by Crippen LogP contribution is 2.25. The molecule has 2 aromatic rings. The molecule has 2 aliphatic heterocycles. The van der Waals surface area contributed by atoms with Crippen LogP contribution in [0.4, 0.5) is 4.79 Å². The fourth-order valence-corrected chi connectivity index (χ4v) is 3.69. The maximum atomic E-state index is 12.6. The molecule has 1 amide bonds. The molecule has 3 heterocycles. The molecule has 4 N–H and O–H groups in total. The molecule has 1 fully saturated rings. The van der Waals surface area contributed by atoms with Gasteiger partial charge < -0.3 is 34.8 Å². The van der Waals surface area contributed by atoms with Crippen LogP contribution < -0.4 is 0 Å².